The molecule has 3 rings (SSSR count). The summed E-state index contributed by atoms with van der Waals surface area (Å²) in [7, 11) is 0. The molecule has 0 fully saturated rings. The summed E-state index contributed by atoms with van der Waals surface area (Å²) in [6, 6.07) is 4.61. The second-order valence-corrected chi connectivity index (χ2v) is 5.40. The molecule has 1 aromatic carbocycles. The van der Waals surface area contributed by atoms with Crippen molar-refractivity contribution in [1.82, 2.24) is 14.4 Å². The first-order valence-electron chi connectivity index (χ1n) is 5.94. The molecular formula is C14H10Cl2FN3. The SMILES string of the molecule is Cc1cc(C)n2cc(-c3cc(F)c(Cl)cc3Cl)nc2n1. The third kappa shape index (κ3) is 2.15. The van der Waals surface area contributed by atoms with E-state index in [1.807, 2.05) is 24.3 Å². The topological polar surface area (TPSA) is 30.2 Å². The van der Waals surface area contributed by atoms with Gasteiger partial charge < -0.3 is 0 Å². The van der Waals surface area contributed by atoms with Crippen LogP contribution in [0.15, 0.2) is 24.4 Å². The Kier molecular flexibility index (Phi) is 3.15. The quantitative estimate of drug-likeness (QED) is 0.621. The number of fused-ring (bicyclic) bond motifs is 1. The molecule has 0 saturated heterocycles. The molecule has 0 spiro atoms. The third-order valence-electron chi connectivity index (χ3n) is 3.05. The second kappa shape index (κ2) is 4.72. The summed E-state index contributed by atoms with van der Waals surface area (Å²) in [5.74, 6) is 0.0351. The number of imidazole rings is 1. The van der Waals surface area contributed by atoms with Crippen molar-refractivity contribution >= 4 is 29.0 Å². The number of aromatic nitrogens is 3. The van der Waals surface area contributed by atoms with Crippen molar-refractivity contribution in [3.8, 4) is 11.3 Å². The number of hydrogen-bond donors (Lipinski definition) is 0. The lowest BCUT2D eigenvalue weighted by atomic mass is 10.1. The number of halogens is 3. The van der Waals surface area contributed by atoms with Gasteiger partial charge in [-0.3, -0.25) is 4.40 Å². The maximum atomic E-state index is 13.6. The summed E-state index contributed by atoms with van der Waals surface area (Å²) < 4.78 is 15.4. The maximum Gasteiger partial charge on any atom is 0.234 e. The standard InChI is InChI=1S/C14H10Cl2FN3/c1-7-3-8(2)20-6-13(19-14(20)18-7)9-4-12(17)11(16)5-10(9)15/h3-6H,1-2H3. The van der Waals surface area contributed by atoms with E-state index in [2.05, 4.69) is 9.97 Å². The largest absolute Gasteiger partial charge is 0.288 e. The highest BCUT2D eigenvalue weighted by Crippen LogP contribution is 2.31. The molecule has 0 N–H and O–H groups in total. The molecular weight excluding hydrogens is 300 g/mol. The van der Waals surface area contributed by atoms with Crippen molar-refractivity contribution in [2.45, 2.75) is 13.8 Å². The highest BCUT2D eigenvalue weighted by Gasteiger charge is 2.13. The fourth-order valence-corrected chi connectivity index (χ4v) is 2.60. The van der Waals surface area contributed by atoms with Crippen LogP contribution in [-0.4, -0.2) is 14.4 Å². The van der Waals surface area contributed by atoms with Crippen LogP contribution in [0.3, 0.4) is 0 Å². The van der Waals surface area contributed by atoms with Gasteiger partial charge in [0.1, 0.15) is 5.82 Å². The highest BCUT2D eigenvalue weighted by atomic mass is 35.5. The molecule has 2 heterocycles. The van der Waals surface area contributed by atoms with Gasteiger partial charge in [0.15, 0.2) is 0 Å². The van der Waals surface area contributed by atoms with E-state index in [0.717, 1.165) is 11.4 Å². The van der Waals surface area contributed by atoms with Crippen molar-refractivity contribution in [2.24, 2.45) is 0 Å². The molecule has 3 aromatic rings. The molecule has 0 saturated carbocycles. The van der Waals surface area contributed by atoms with Gasteiger partial charge in [0.2, 0.25) is 5.78 Å². The Labute approximate surface area is 125 Å². The van der Waals surface area contributed by atoms with Crippen LogP contribution >= 0.6 is 23.2 Å². The molecule has 0 aliphatic carbocycles. The van der Waals surface area contributed by atoms with Gasteiger partial charge >= 0.3 is 0 Å². The Bertz CT molecular complexity index is 827. The summed E-state index contributed by atoms with van der Waals surface area (Å²) in [4.78, 5) is 8.74. The first kappa shape index (κ1) is 13.3. The average Bonchev–Trinajstić information content (AvgIpc) is 2.77. The van der Waals surface area contributed by atoms with Gasteiger partial charge in [0.05, 0.1) is 15.7 Å². The summed E-state index contributed by atoms with van der Waals surface area (Å²) in [6.45, 7) is 3.85. The molecule has 0 radical (unpaired) electrons. The molecule has 6 heteroatoms. The van der Waals surface area contributed by atoms with Crippen LogP contribution in [0.4, 0.5) is 4.39 Å². The van der Waals surface area contributed by atoms with Crippen LogP contribution in [0, 0.1) is 19.7 Å². The Morgan fingerprint density at radius 1 is 1.05 bits per heavy atom. The third-order valence-corrected chi connectivity index (χ3v) is 3.65. The van der Waals surface area contributed by atoms with Gasteiger partial charge in [-0.1, -0.05) is 23.2 Å². The summed E-state index contributed by atoms with van der Waals surface area (Å²) in [5, 5.41) is 0.349. The fraction of sp³-hybridized carbons (Fsp3) is 0.143. The van der Waals surface area contributed by atoms with Crippen LogP contribution < -0.4 is 0 Å². The molecule has 0 aliphatic rings. The van der Waals surface area contributed by atoms with Crippen molar-refractivity contribution in [3.05, 3.63) is 51.6 Å². The predicted octanol–water partition coefficient (Wildman–Crippen LogP) is 4.46. The minimum absolute atomic E-state index is 0.00679. The molecule has 0 amide bonds. The smallest absolute Gasteiger partial charge is 0.234 e. The van der Waals surface area contributed by atoms with Gasteiger partial charge in [-0.2, -0.15) is 0 Å². The van der Waals surface area contributed by atoms with Crippen LogP contribution in [0.5, 0.6) is 0 Å². The first-order valence-corrected chi connectivity index (χ1v) is 6.69. The summed E-state index contributed by atoms with van der Waals surface area (Å²) in [6.07, 6.45) is 1.78. The number of rotatable bonds is 1. The molecule has 0 unspecified atom stereocenters. The average molecular weight is 310 g/mol. The maximum absolute atomic E-state index is 13.6. The van der Waals surface area contributed by atoms with Crippen LogP contribution in [0.1, 0.15) is 11.4 Å². The number of aryl methyl sites for hydroxylation is 2. The highest BCUT2D eigenvalue weighted by molar-refractivity contribution is 6.36. The molecule has 102 valence electrons. The Hall–Kier alpha value is -1.65. The first-order chi connectivity index (χ1) is 9.45. The van der Waals surface area contributed by atoms with E-state index in [1.165, 1.54) is 12.1 Å². The molecule has 0 aliphatic heterocycles. The summed E-state index contributed by atoms with van der Waals surface area (Å²) >= 11 is 11.8. The van der Waals surface area contributed by atoms with Gasteiger partial charge in [-0.25, -0.2) is 14.4 Å². The molecule has 0 bridgehead atoms. The zero-order valence-corrected chi connectivity index (χ0v) is 12.3. The van der Waals surface area contributed by atoms with E-state index in [4.69, 9.17) is 23.2 Å². The zero-order chi connectivity index (χ0) is 14.4. The van der Waals surface area contributed by atoms with E-state index in [-0.39, 0.29) is 5.02 Å². The lowest BCUT2D eigenvalue weighted by Gasteiger charge is -2.02. The van der Waals surface area contributed by atoms with Crippen molar-refractivity contribution in [1.29, 1.82) is 0 Å². The van der Waals surface area contributed by atoms with Crippen molar-refractivity contribution in [2.75, 3.05) is 0 Å². The zero-order valence-electron chi connectivity index (χ0n) is 10.8. The van der Waals surface area contributed by atoms with Gasteiger partial charge in [-0.05, 0) is 32.0 Å². The number of nitrogens with zero attached hydrogens (tertiary/aromatic N) is 3. The van der Waals surface area contributed by atoms with E-state index >= 15 is 0 Å². The Balaban J connectivity index is 2.25. The Morgan fingerprint density at radius 3 is 2.55 bits per heavy atom. The summed E-state index contributed by atoms with van der Waals surface area (Å²) in [5.41, 5.74) is 2.93. The van der Waals surface area contributed by atoms with E-state index in [1.54, 1.807) is 6.20 Å². The molecule has 2 aromatic heterocycles. The number of benzene rings is 1. The minimum Gasteiger partial charge on any atom is -0.288 e. The normalized spacial score (nSPS) is 11.2. The number of hydrogen-bond acceptors (Lipinski definition) is 2. The van der Waals surface area contributed by atoms with Crippen LogP contribution in [-0.2, 0) is 0 Å². The van der Waals surface area contributed by atoms with E-state index < -0.39 is 5.82 Å². The van der Waals surface area contributed by atoms with Gasteiger partial charge in [-0.15, -0.1) is 0 Å². The predicted molar refractivity (Wildman–Crippen MR) is 77.9 cm³/mol. The van der Waals surface area contributed by atoms with Crippen molar-refractivity contribution < 1.29 is 4.39 Å². The fourth-order valence-electron chi connectivity index (χ4n) is 2.12. The second-order valence-electron chi connectivity index (χ2n) is 4.58. The lowest BCUT2D eigenvalue weighted by molar-refractivity contribution is 0.628. The molecule has 3 nitrogen and oxygen atoms in total. The van der Waals surface area contributed by atoms with Crippen LogP contribution in [0.2, 0.25) is 10.0 Å². The monoisotopic (exact) mass is 309 g/mol. The minimum atomic E-state index is -0.524. The Morgan fingerprint density at radius 2 is 1.80 bits per heavy atom. The van der Waals surface area contributed by atoms with Crippen molar-refractivity contribution in [3.63, 3.8) is 0 Å². The molecule has 0 atom stereocenters. The van der Waals surface area contributed by atoms with E-state index in [9.17, 15) is 4.39 Å². The van der Waals surface area contributed by atoms with E-state index in [0.29, 0.717) is 22.1 Å². The van der Waals surface area contributed by atoms with Gasteiger partial charge in [0.25, 0.3) is 0 Å². The molecule has 20 heavy (non-hydrogen) atoms. The van der Waals surface area contributed by atoms with Crippen LogP contribution in [0.25, 0.3) is 17.0 Å². The lowest BCUT2D eigenvalue weighted by Crippen LogP contribution is -1.94. The van der Waals surface area contributed by atoms with Gasteiger partial charge in [0, 0.05) is 23.1 Å².